The van der Waals surface area contributed by atoms with Crippen molar-refractivity contribution in [1.29, 1.82) is 0 Å². The van der Waals surface area contributed by atoms with Crippen LogP contribution < -0.4 is 0 Å². The molecule has 4 nitrogen and oxygen atoms in total. The summed E-state index contributed by atoms with van der Waals surface area (Å²) in [6.07, 6.45) is 4.31. The second-order valence-electron chi connectivity index (χ2n) is 3.60. The molecule has 17 heavy (non-hydrogen) atoms. The molecule has 0 aliphatic heterocycles. The van der Waals surface area contributed by atoms with E-state index in [1.54, 1.807) is 17.0 Å². The van der Waals surface area contributed by atoms with Crippen LogP contribution in [0.15, 0.2) is 42.6 Å². The minimum Gasteiger partial charge on any atom is -0.478 e. The van der Waals surface area contributed by atoms with E-state index in [1.807, 2.05) is 37.3 Å². The molecule has 0 spiro atoms. The van der Waals surface area contributed by atoms with E-state index in [0.717, 1.165) is 23.0 Å². The van der Waals surface area contributed by atoms with Gasteiger partial charge < -0.3 is 5.11 Å². The first-order valence-electron chi connectivity index (χ1n) is 5.19. The van der Waals surface area contributed by atoms with E-state index in [2.05, 4.69) is 5.10 Å². The third-order valence-electron chi connectivity index (χ3n) is 2.45. The lowest BCUT2D eigenvalue weighted by atomic mass is 10.2. The van der Waals surface area contributed by atoms with Crippen LogP contribution in [0, 0.1) is 6.92 Å². The van der Waals surface area contributed by atoms with Gasteiger partial charge in [-0.15, -0.1) is 0 Å². The first-order valence-corrected chi connectivity index (χ1v) is 5.19. The molecule has 4 heteroatoms. The fourth-order valence-corrected chi connectivity index (χ4v) is 1.58. The van der Waals surface area contributed by atoms with Gasteiger partial charge in [-0.1, -0.05) is 18.2 Å². The maximum atomic E-state index is 10.4. The minimum absolute atomic E-state index is 0.802. The number of rotatable bonds is 3. The molecule has 86 valence electrons. The molecule has 0 aliphatic carbocycles. The normalized spacial score (nSPS) is 10.9. The van der Waals surface area contributed by atoms with Crippen molar-refractivity contribution in [1.82, 2.24) is 9.78 Å². The van der Waals surface area contributed by atoms with Crippen molar-refractivity contribution in [2.75, 3.05) is 0 Å². The molecule has 0 radical (unpaired) electrons. The number of hydrogen-bond donors (Lipinski definition) is 1. The third-order valence-corrected chi connectivity index (χ3v) is 2.45. The lowest BCUT2D eigenvalue weighted by molar-refractivity contribution is -0.131. The van der Waals surface area contributed by atoms with Crippen molar-refractivity contribution in [3.63, 3.8) is 0 Å². The molecule has 0 unspecified atom stereocenters. The van der Waals surface area contributed by atoms with Gasteiger partial charge in [-0.05, 0) is 25.1 Å². The summed E-state index contributed by atoms with van der Waals surface area (Å²) in [6.45, 7) is 1.90. The van der Waals surface area contributed by atoms with Crippen molar-refractivity contribution >= 4 is 12.0 Å². The Balaban J connectivity index is 2.37. The number of benzene rings is 1. The van der Waals surface area contributed by atoms with Crippen molar-refractivity contribution in [2.24, 2.45) is 0 Å². The van der Waals surface area contributed by atoms with E-state index >= 15 is 0 Å². The highest BCUT2D eigenvalue weighted by atomic mass is 16.4. The van der Waals surface area contributed by atoms with Gasteiger partial charge in [0.2, 0.25) is 0 Å². The summed E-state index contributed by atoms with van der Waals surface area (Å²) in [4.78, 5) is 10.4. The van der Waals surface area contributed by atoms with Gasteiger partial charge in [-0.25, -0.2) is 9.48 Å². The lowest BCUT2D eigenvalue weighted by Crippen LogP contribution is -1.98. The maximum absolute atomic E-state index is 10.4. The summed E-state index contributed by atoms with van der Waals surface area (Å²) in [7, 11) is 0. The molecule has 1 aromatic heterocycles. The number of carboxylic acids is 1. The number of carboxylic acid groups (broad SMARTS) is 1. The Bertz CT molecular complexity index is 556. The Morgan fingerprint density at radius 2 is 2.06 bits per heavy atom. The Kier molecular flexibility index (Phi) is 3.05. The topological polar surface area (TPSA) is 55.1 Å². The van der Waals surface area contributed by atoms with E-state index in [0.29, 0.717) is 0 Å². The molecule has 2 aromatic rings. The molecule has 2 rings (SSSR count). The highest BCUT2D eigenvalue weighted by Gasteiger charge is 2.05. The van der Waals surface area contributed by atoms with Gasteiger partial charge in [-0.3, -0.25) is 0 Å². The number of nitrogens with zero attached hydrogens (tertiary/aromatic N) is 2. The van der Waals surface area contributed by atoms with Crippen LogP contribution in [0.25, 0.3) is 11.8 Å². The summed E-state index contributed by atoms with van der Waals surface area (Å²) < 4.78 is 1.78. The monoisotopic (exact) mass is 228 g/mol. The van der Waals surface area contributed by atoms with Crippen molar-refractivity contribution < 1.29 is 9.90 Å². The average Bonchev–Trinajstić information content (AvgIpc) is 2.69. The highest BCUT2D eigenvalue weighted by molar-refractivity contribution is 5.85. The first kappa shape index (κ1) is 11.1. The van der Waals surface area contributed by atoms with Gasteiger partial charge in [0.05, 0.1) is 11.9 Å². The molecule has 0 saturated carbocycles. The number of aromatic nitrogens is 2. The molecule has 0 aliphatic rings. The molecular weight excluding hydrogens is 216 g/mol. The Hall–Kier alpha value is -2.36. The zero-order valence-electron chi connectivity index (χ0n) is 9.37. The maximum Gasteiger partial charge on any atom is 0.328 e. The van der Waals surface area contributed by atoms with Crippen molar-refractivity contribution in [3.8, 4) is 5.69 Å². The van der Waals surface area contributed by atoms with E-state index in [9.17, 15) is 4.79 Å². The number of carbonyl (C=O) groups is 1. The van der Waals surface area contributed by atoms with Crippen LogP contribution in [0.4, 0.5) is 0 Å². The SMILES string of the molecule is Cc1c(/C=C/C(=O)O)cnn1-c1ccccc1. The second-order valence-corrected chi connectivity index (χ2v) is 3.60. The summed E-state index contributed by atoms with van der Waals surface area (Å²) >= 11 is 0. The first-order chi connectivity index (χ1) is 8.18. The summed E-state index contributed by atoms with van der Waals surface area (Å²) in [5.41, 5.74) is 2.67. The molecule has 1 N–H and O–H groups in total. The van der Waals surface area contributed by atoms with Gasteiger partial charge in [0.1, 0.15) is 0 Å². The number of para-hydroxylation sites is 1. The molecule has 0 fully saturated rings. The largest absolute Gasteiger partial charge is 0.478 e. The fraction of sp³-hybridized carbons (Fsp3) is 0.0769. The van der Waals surface area contributed by atoms with Crippen LogP contribution in [0.3, 0.4) is 0 Å². The molecule has 0 bridgehead atoms. The molecule has 0 amide bonds. The molecule has 1 aromatic carbocycles. The quantitative estimate of drug-likeness (QED) is 0.820. The standard InChI is InChI=1S/C13H12N2O2/c1-10-11(7-8-13(16)17)9-14-15(10)12-5-3-2-4-6-12/h2-9H,1H3,(H,16,17)/b8-7+. The molecule has 0 atom stereocenters. The summed E-state index contributed by atoms with van der Waals surface area (Å²) in [5, 5.41) is 12.8. The Labute approximate surface area is 98.8 Å². The molecule has 1 heterocycles. The van der Waals surface area contributed by atoms with Crippen LogP contribution in [0.5, 0.6) is 0 Å². The summed E-state index contributed by atoms with van der Waals surface area (Å²) in [6, 6.07) is 9.70. The van der Waals surface area contributed by atoms with Crippen LogP contribution >= 0.6 is 0 Å². The minimum atomic E-state index is -0.961. The fourth-order valence-electron chi connectivity index (χ4n) is 1.58. The Morgan fingerprint density at radius 1 is 1.35 bits per heavy atom. The van der Waals surface area contributed by atoms with Gasteiger partial charge in [0.25, 0.3) is 0 Å². The van der Waals surface area contributed by atoms with Crippen molar-refractivity contribution in [3.05, 3.63) is 53.9 Å². The van der Waals surface area contributed by atoms with Gasteiger partial charge in [0, 0.05) is 17.3 Å². The zero-order valence-corrected chi connectivity index (χ0v) is 9.37. The summed E-state index contributed by atoms with van der Waals surface area (Å²) in [5.74, 6) is -0.961. The smallest absolute Gasteiger partial charge is 0.328 e. The van der Waals surface area contributed by atoms with E-state index in [1.165, 1.54) is 0 Å². The van der Waals surface area contributed by atoms with E-state index in [4.69, 9.17) is 5.11 Å². The van der Waals surface area contributed by atoms with Crippen LogP contribution in [-0.4, -0.2) is 20.9 Å². The highest BCUT2D eigenvalue weighted by Crippen LogP contribution is 2.14. The van der Waals surface area contributed by atoms with Crippen LogP contribution in [-0.2, 0) is 4.79 Å². The molecule has 0 saturated heterocycles. The van der Waals surface area contributed by atoms with Gasteiger partial charge in [0.15, 0.2) is 0 Å². The average molecular weight is 228 g/mol. The zero-order chi connectivity index (χ0) is 12.3. The van der Waals surface area contributed by atoms with Gasteiger partial charge >= 0.3 is 5.97 Å². The van der Waals surface area contributed by atoms with Crippen LogP contribution in [0.2, 0.25) is 0 Å². The van der Waals surface area contributed by atoms with Crippen LogP contribution in [0.1, 0.15) is 11.3 Å². The lowest BCUT2D eigenvalue weighted by Gasteiger charge is -2.03. The Morgan fingerprint density at radius 3 is 2.71 bits per heavy atom. The molecular formula is C13H12N2O2. The van der Waals surface area contributed by atoms with E-state index in [-0.39, 0.29) is 0 Å². The predicted molar refractivity (Wildman–Crippen MR) is 65.0 cm³/mol. The second kappa shape index (κ2) is 4.65. The van der Waals surface area contributed by atoms with E-state index < -0.39 is 5.97 Å². The van der Waals surface area contributed by atoms with Gasteiger partial charge in [-0.2, -0.15) is 5.10 Å². The van der Waals surface area contributed by atoms with Crippen molar-refractivity contribution in [2.45, 2.75) is 6.92 Å². The number of aliphatic carboxylic acids is 1. The predicted octanol–water partition coefficient (Wildman–Crippen LogP) is 2.28. The number of hydrogen-bond acceptors (Lipinski definition) is 2. The third kappa shape index (κ3) is 2.42.